The molecule has 1 atom stereocenters. The molecule has 0 saturated carbocycles. The van der Waals surface area contributed by atoms with Crippen LogP contribution in [0.25, 0.3) is 10.9 Å². The van der Waals surface area contributed by atoms with Gasteiger partial charge in [0.25, 0.3) is 0 Å². The van der Waals surface area contributed by atoms with Crippen LogP contribution < -0.4 is 5.32 Å². The fourth-order valence-electron chi connectivity index (χ4n) is 5.50. The molecule has 1 N–H and O–H groups in total. The first-order valence-corrected chi connectivity index (χ1v) is 15.8. The van der Waals surface area contributed by atoms with Crippen molar-refractivity contribution in [2.24, 2.45) is 0 Å². The molecule has 0 bridgehead atoms. The molecule has 188 valence electrons. The predicted octanol–water partition coefficient (Wildman–Crippen LogP) is 8.38. The number of rotatable bonds is 11. The van der Waals surface area contributed by atoms with Gasteiger partial charge in [-0.25, -0.2) is 0 Å². The van der Waals surface area contributed by atoms with Crippen LogP contribution in [0.1, 0.15) is 80.7 Å². The van der Waals surface area contributed by atoms with E-state index in [-0.39, 0.29) is 0 Å². The Bertz CT molecular complexity index is 964. The minimum absolute atomic E-state index is 0.384. The normalized spacial score (nSPS) is 13.1. The van der Waals surface area contributed by atoms with Gasteiger partial charge in [-0.3, -0.25) is 4.98 Å². The minimum atomic E-state index is -1.83. The molecular formula is C29H46ClN3Si. The van der Waals surface area contributed by atoms with Gasteiger partial charge in [-0.15, -0.1) is 5.54 Å². The van der Waals surface area contributed by atoms with Gasteiger partial charge in [0.2, 0.25) is 0 Å². The van der Waals surface area contributed by atoms with Gasteiger partial charge >= 0.3 is 0 Å². The Balaban J connectivity index is 2.35. The number of halogens is 1. The quantitative estimate of drug-likeness (QED) is 0.248. The number of hydrogen-bond acceptors (Lipinski definition) is 3. The third-order valence-electron chi connectivity index (χ3n) is 7.52. The largest absolute Gasteiger partial charge is 0.382 e. The molecule has 1 aromatic heterocycles. The zero-order valence-electron chi connectivity index (χ0n) is 22.9. The molecule has 0 fully saturated rings. The van der Waals surface area contributed by atoms with Gasteiger partial charge in [0, 0.05) is 28.9 Å². The second kappa shape index (κ2) is 13.0. The highest BCUT2D eigenvalue weighted by Crippen LogP contribution is 2.41. The van der Waals surface area contributed by atoms with Crippen LogP contribution in [0.5, 0.6) is 0 Å². The maximum atomic E-state index is 6.70. The number of nitrogens with zero attached hydrogens (tertiary/aromatic N) is 2. The Morgan fingerprint density at radius 3 is 2.18 bits per heavy atom. The molecule has 0 aliphatic carbocycles. The molecule has 3 nitrogen and oxygen atoms in total. The molecule has 1 aromatic carbocycles. The molecule has 0 amide bonds. The maximum Gasteiger partial charge on any atom is 0.146 e. The van der Waals surface area contributed by atoms with Gasteiger partial charge in [-0.2, -0.15) is 0 Å². The third-order valence-corrected chi connectivity index (χ3v) is 14.1. The summed E-state index contributed by atoms with van der Waals surface area (Å²) in [6.45, 7) is 24.2. The number of nitrogens with one attached hydrogen (secondary N) is 1. The van der Waals surface area contributed by atoms with Crippen LogP contribution in [0.2, 0.25) is 21.6 Å². The molecule has 5 heteroatoms. The summed E-state index contributed by atoms with van der Waals surface area (Å²) < 4.78 is 0. The summed E-state index contributed by atoms with van der Waals surface area (Å²) in [5, 5.41) is 5.51. The molecule has 0 saturated heterocycles. The Morgan fingerprint density at radius 2 is 1.62 bits per heavy atom. The second-order valence-corrected chi connectivity index (χ2v) is 16.6. The van der Waals surface area contributed by atoms with Gasteiger partial charge in [0.15, 0.2) is 0 Å². The summed E-state index contributed by atoms with van der Waals surface area (Å²) in [5.41, 5.74) is 8.54. The van der Waals surface area contributed by atoms with Crippen LogP contribution in [0.4, 0.5) is 5.69 Å². The lowest BCUT2D eigenvalue weighted by molar-refractivity contribution is 0.295. The van der Waals surface area contributed by atoms with Crippen molar-refractivity contribution in [1.29, 1.82) is 0 Å². The van der Waals surface area contributed by atoms with Crippen molar-refractivity contribution in [3.63, 3.8) is 0 Å². The Labute approximate surface area is 215 Å². The van der Waals surface area contributed by atoms with E-state index >= 15 is 0 Å². The van der Waals surface area contributed by atoms with E-state index in [0.29, 0.717) is 27.7 Å². The summed E-state index contributed by atoms with van der Waals surface area (Å²) >= 11 is 6.70. The number of fused-ring (bicyclic) bond motifs is 1. The molecule has 1 heterocycles. The summed E-state index contributed by atoms with van der Waals surface area (Å²) in [7, 11) is -1.83. The smallest absolute Gasteiger partial charge is 0.146 e. The van der Waals surface area contributed by atoms with Crippen molar-refractivity contribution in [3.05, 3.63) is 35.0 Å². The Kier molecular flexibility index (Phi) is 10.9. The lowest BCUT2D eigenvalue weighted by Gasteiger charge is -2.38. The van der Waals surface area contributed by atoms with E-state index in [9.17, 15) is 0 Å². The van der Waals surface area contributed by atoms with Crippen molar-refractivity contribution < 1.29 is 0 Å². The first-order chi connectivity index (χ1) is 16.1. The highest BCUT2D eigenvalue weighted by Gasteiger charge is 2.41. The van der Waals surface area contributed by atoms with Crippen LogP contribution in [-0.4, -0.2) is 43.6 Å². The summed E-state index contributed by atoms with van der Waals surface area (Å²) in [4.78, 5) is 7.06. The van der Waals surface area contributed by atoms with E-state index in [1.165, 1.54) is 6.42 Å². The van der Waals surface area contributed by atoms with E-state index in [2.05, 4.69) is 101 Å². The zero-order valence-corrected chi connectivity index (χ0v) is 24.7. The Morgan fingerprint density at radius 1 is 1.00 bits per heavy atom. The summed E-state index contributed by atoms with van der Waals surface area (Å²) in [6.07, 6.45) is 4.18. The minimum Gasteiger partial charge on any atom is -0.382 e. The van der Waals surface area contributed by atoms with Gasteiger partial charge in [-0.05, 0) is 74.2 Å². The topological polar surface area (TPSA) is 28.2 Å². The Hall–Kier alpha value is -1.54. The lowest BCUT2D eigenvalue weighted by Crippen LogP contribution is -2.43. The zero-order chi connectivity index (χ0) is 25.5. The monoisotopic (exact) mass is 499 g/mol. The molecule has 0 spiro atoms. The van der Waals surface area contributed by atoms with Crippen LogP contribution in [0.15, 0.2) is 24.4 Å². The molecule has 0 aliphatic heterocycles. The van der Waals surface area contributed by atoms with Crippen LogP contribution >= 0.6 is 11.6 Å². The fourth-order valence-corrected chi connectivity index (χ4v) is 10.9. The van der Waals surface area contributed by atoms with Crippen molar-refractivity contribution >= 4 is 36.3 Å². The van der Waals surface area contributed by atoms with Gasteiger partial charge in [0.1, 0.15) is 8.07 Å². The molecule has 0 radical (unpaired) electrons. The summed E-state index contributed by atoms with van der Waals surface area (Å²) in [5.74, 6) is 3.55. The van der Waals surface area contributed by atoms with E-state index in [1.54, 1.807) is 0 Å². The molecule has 34 heavy (non-hydrogen) atoms. The van der Waals surface area contributed by atoms with E-state index in [0.717, 1.165) is 48.2 Å². The lowest BCUT2D eigenvalue weighted by atomic mass is 10.1. The van der Waals surface area contributed by atoms with Crippen LogP contribution in [-0.2, 0) is 0 Å². The number of benzene rings is 1. The maximum absolute atomic E-state index is 6.70. The van der Waals surface area contributed by atoms with Gasteiger partial charge < -0.3 is 10.2 Å². The highest BCUT2D eigenvalue weighted by molar-refractivity contribution is 6.90. The predicted molar refractivity (Wildman–Crippen MR) is 155 cm³/mol. The second-order valence-electron chi connectivity index (χ2n) is 10.6. The highest BCUT2D eigenvalue weighted by atomic mass is 35.5. The number of hydrogen-bond donors (Lipinski definition) is 1. The first kappa shape index (κ1) is 28.7. The number of anilines is 1. The van der Waals surface area contributed by atoms with Gasteiger partial charge in [-0.1, -0.05) is 72.9 Å². The molecule has 0 aliphatic rings. The molecule has 2 rings (SSSR count). The van der Waals surface area contributed by atoms with Crippen molar-refractivity contribution in [3.8, 4) is 11.5 Å². The average molecular weight is 500 g/mol. The number of aromatic nitrogens is 1. The first-order valence-electron chi connectivity index (χ1n) is 13.2. The number of pyridine rings is 1. The van der Waals surface area contributed by atoms with Crippen LogP contribution in [0, 0.1) is 11.5 Å². The SMILES string of the molecule is CCN(CC)CCCC(C)Nc1ccnc2cc(Cl)c(C#C[Si](C(C)C)(C(C)C)C(C)C)cc12. The standard InChI is InChI=1S/C29H46ClN3Si/c1-10-33(11-2)17-12-13-24(9)32-28-14-16-31-29-20-27(30)25(19-26(28)29)15-18-34(21(3)4,22(5)6)23(7)8/h14,16,19-24H,10-13,17H2,1-9H3,(H,31,32). The summed E-state index contributed by atoms with van der Waals surface area (Å²) in [6, 6.07) is 6.57. The van der Waals surface area contributed by atoms with Gasteiger partial charge in [0.05, 0.1) is 10.5 Å². The van der Waals surface area contributed by atoms with Crippen LogP contribution in [0.3, 0.4) is 0 Å². The van der Waals surface area contributed by atoms with E-state index in [4.69, 9.17) is 11.6 Å². The molecule has 1 unspecified atom stereocenters. The van der Waals surface area contributed by atoms with Crippen molar-refractivity contribution in [1.82, 2.24) is 9.88 Å². The molecular weight excluding hydrogens is 454 g/mol. The van der Waals surface area contributed by atoms with Crippen molar-refractivity contribution in [2.75, 3.05) is 25.0 Å². The van der Waals surface area contributed by atoms with E-state index in [1.807, 2.05) is 12.3 Å². The van der Waals surface area contributed by atoms with E-state index < -0.39 is 8.07 Å². The third kappa shape index (κ3) is 6.77. The van der Waals surface area contributed by atoms with Crippen molar-refractivity contribution in [2.45, 2.75) is 97.8 Å². The molecule has 2 aromatic rings. The average Bonchev–Trinajstić information content (AvgIpc) is 2.77. The fraction of sp³-hybridized carbons (Fsp3) is 0.621.